The molecule has 5 rings (SSSR count). The topological polar surface area (TPSA) is 65.0 Å². The Labute approximate surface area is 219 Å². The maximum Gasteiger partial charge on any atom is 0.263 e. The molecule has 9 heteroatoms. The lowest BCUT2D eigenvalue weighted by Crippen LogP contribution is -2.50. The van der Waals surface area contributed by atoms with Crippen LogP contribution in [-0.4, -0.2) is 46.4 Å². The third-order valence-corrected chi connectivity index (χ3v) is 7.90. The van der Waals surface area contributed by atoms with Gasteiger partial charge in [-0.05, 0) is 47.2 Å². The predicted molar refractivity (Wildman–Crippen MR) is 141 cm³/mol. The number of amides is 2. The number of amidine groups is 1. The molecule has 0 radical (unpaired) electrons. The average molecular weight is 529 g/mol. The molecule has 6 nitrogen and oxygen atoms in total. The van der Waals surface area contributed by atoms with Gasteiger partial charge in [-0.15, -0.1) is 0 Å². The predicted octanol–water partition coefficient (Wildman–Crippen LogP) is 5.41. The number of halogens is 2. The van der Waals surface area contributed by atoms with Crippen LogP contribution in [0.1, 0.15) is 44.0 Å². The summed E-state index contributed by atoms with van der Waals surface area (Å²) in [6.07, 6.45) is 0. The minimum absolute atomic E-state index is 0.0702. The maximum atomic E-state index is 13.7. The lowest BCUT2D eigenvalue weighted by molar-refractivity contribution is -0.135. The molecule has 2 unspecified atom stereocenters. The fourth-order valence-corrected chi connectivity index (χ4v) is 6.40. The van der Waals surface area contributed by atoms with Gasteiger partial charge in [0.05, 0.1) is 12.6 Å². The third-order valence-electron chi connectivity index (χ3n) is 6.34. The van der Waals surface area contributed by atoms with E-state index in [0.29, 0.717) is 28.0 Å². The summed E-state index contributed by atoms with van der Waals surface area (Å²) >= 11 is 13.8. The second-order valence-electron chi connectivity index (χ2n) is 9.88. The average Bonchev–Trinajstić information content (AvgIpc) is 3.36. The van der Waals surface area contributed by atoms with Crippen molar-refractivity contribution in [2.75, 3.05) is 19.6 Å². The van der Waals surface area contributed by atoms with Gasteiger partial charge >= 0.3 is 0 Å². The highest BCUT2D eigenvalue weighted by Gasteiger charge is 2.50. The first-order valence-electron chi connectivity index (χ1n) is 11.5. The molecule has 2 aromatic carbocycles. The summed E-state index contributed by atoms with van der Waals surface area (Å²) in [6.45, 7) is 7.35. The normalized spacial score (nSPS) is 22.3. The van der Waals surface area contributed by atoms with Crippen molar-refractivity contribution in [3.05, 3.63) is 80.3 Å². The van der Waals surface area contributed by atoms with Gasteiger partial charge in [0.25, 0.3) is 5.91 Å². The molecule has 0 saturated carbocycles. The molecule has 2 aromatic rings. The molecule has 0 aromatic heterocycles. The number of benzene rings is 2. The zero-order chi connectivity index (χ0) is 24.9. The number of allylic oxidation sites excluding steroid dienone is 1. The number of nitrogens with one attached hydrogen (secondary N) is 1. The lowest BCUT2D eigenvalue weighted by atomic mass is 9.87. The number of thioether (sulfide) groups is 1. The van der Waals surface area contributed by atoms with Gasteiger partial charge in [-0.3, -0.25) is 14.6 Å². The SMILES string of the molecule is CC(C)(C)C1=C(C(=O)N2CCNC(=O)C2)SC2=NC(c3ccc(Cl)cc3)C(c3ccc(Cl)cc3)N21. The van der Waals surface area contributed by atoms with Crippen LogP contribution >= 0.6 is 35.0 Å². The molecule has 1 fully saturated rings. The quantitative estimate of drug-likeness (QED) is 0.578. The zero-order valence-corrected chi connectivity index (χ0v) is 22.0. The minimum Gasteiger partial charge on any atom is -0.353 e. The van der Waals surface area contributed by atoms with Gasteiger partial charge in [0, 0.05) is 34.2 Å². The summed E-state index contributed by atoms with van der Waals surface area (Å²) in [4.78, 5) is 35.2. The van der Waals surface area contributed by atoms with Crippen LogP contribution in [0.15, 0.2) is 64.1 Å². The maximum absolute atomic E-state index is 13.7. The summed E-state index contributed by atoms with van der Waals surface area (Å²) in [5.41, 5.74) is 2.69. The number of hydrogen-bond donors (Lipinski definition) is 1. The van der Waals surface area contributed by atoms with Gasteiger partial charge in [-0.25, -0.2) is 0 Å². The van der Waals surface area contributed by atoms with Crippen molar-refractivity contribution in [3.8, 4) is 0 Å². The van der Waals surface area contributed by atoms with E-state index in [1.807, 2.05) is 48.5 Å². The highest BCUT2D eigenvalue weighted by Crippen LogP contribution is 2.55. The van der Waals surface area contributed by atoms with Crippen molar-refractivity contribution < 1.29 is 9.59 Å². The summed E-state index contributed by atoms with van der Waals surface area (Å²) in [5, 5.41) is 4.92. The number of aliphatic imine (C=N–C) groups is 1. The second kappa shape index (κ2) is 9.19. The van der Waals surface area contributed by atoms with E-state index in [1.54, 1.807) is 4.90 Å². The molecule has 2 atom stereocenters. The number of hydrogen-bond acceptors (Lipinski definition) is 5. The van der Waals surface area contributed by atoms with Crippen LogP contribution in [0.3, 0.4) is 0 Å². The van der Waals surface area contributed by atoms with E-state index in [1.165, 1.54) is 11.8 Å². The molecule has 1 saturated heterocycles. The van der Waals surface area contributed by atoms with Gasteiger partial charge < -0.3 is 15.1 Å². The fourth-order valence-electron chi connectivity index (χ4n) is 4.78. The molecule has 0 spiro atoms. The van der Waals surface area contributed by atoms with Crippen molar-refractivity contribution in [3.63, 3.8) is 0 Å². The first kappa shape index (κ1) is 24.2. The Kier molecular flexibility index (Phi) is 6.36. The van der Waals surface area contributed by atoms with Crippen molar-refractivity contribution in [1.82, 2.24) is 15.1 Å². The number of carbonyl (C=O) groups is 2. The zero-order valence-electron chi connectivity index (χ0n) is 19.7. The molecule has 0 bridgehead atoms. The van der Waals surface area contributed by atoms with Gasteiger partial charge in [0.15, 0.2) is 5.17 Å². The van der Waals surface area contributed by atoms with E-state index in [4.69, 9.17) is 28.2 Å². The molecular formula is C26H26Cl2N4O2S. The standard InChI is InChI=1S/C26H26Cl2N4O2S/c1-26(2,3)23-22(24(34)31-13-12-29-19(33)14-31)35-25-30-20(15-4-8-17(27)9-5-15)21(32(23)25)16-6-10-18(28)11-7-16/h4-11,20-21H,12-14H2,1-3H3,(H,29,33). The van der Waals surface area contributed by atoms with Crippen molar-refractivity contribution in [2.24, 2.45) is 10.4 Å². The molecule has 2 amide bonds. The van der Waals surface area contributed by atoms with Gasteiger partial charge in [0.2, 0.25) is 5.91 Å². The van der Waals surface area contributed by atoms with E-state index in [-0.39, 0.29) is 35.9 Å². The van der Waals surface area contributed by atoms with E-state index in [9.17, 15) is 9.59 Å². The van der Waals surface area contributed by atoms with E-state index in [0.717, 1.165) is 22.0 Å². The van der Waals surface area contributed by atoms with Gasteiger partial charge in [-0.1, -0.05) is 68.2 Å². The number of piperazine rings is 1. The highest BCUT2D eigenvalue weighted by atomic mass is 35.5. The van der Waals surface area contributed by atoms with E-state index in [2.05, 4.69) is 31.0 Å². The highest BCUT2D eigenvalue weighted by molar-refractivity contribution is 8.18. The molecule has 3 aliphatic heterocycles. The smallest absolute Gasteiger partial charge is 0.263 e. The van der Waals surface area contributed by atoms with E-state index < -0.39 is 0 Å². The number of carbonyl (C=O) groups excluding carboxylic acids is 2. The Morgan fingerprint density at radius 3 is 2.20 bits per heavy atom. The number of fused-ring (bicyclic) bond motifs is 1. The molecular weight excluding hydrogens is 503 g/mol. The lowest BCUT2D eigenvalue weighted by Gasteiger charge is -2.36. The first-order valence-corrected chi connectivity index (χ1v) is 13.1. The Morgan fingerprint density at radius 2 is 1.63 bits per heavy atom. The first-order chi connectivity index (χ1) is 16.6. The Bertz CT molecular complexity index is 1240. The number of rotatable bonds is 3. The summed E-state index contributed by atoms with van der Waals surface area (Å²) < 4.78 is 0. The summed E-state index contributed by atoms with van der Waals surface area (Å²) in [5.74, 6) is -0.255. The third kappa shape index (κ3) is 4.57. The molecule has 1 N–H and O–H groups in total. The molecule has 3 heterocycles. The Hall–Kier alpha value is -2.48. The van der Waals surface area contributed by atoms with Crippen molar-refractivity contribution in [1.29, 1.82) is 0 Å². The molecule has 3 aliphatic rings. The molecule has 35 heavy (non-hydrogen) atoms. The van der Waals surface area contributed by atoms with Gasteiger partial charge in [-0.2, -0.15) is 0 Å². The Morgan fingerprint density at radius 1 is 1.03 bits per heavy atom. The number of nitrogens with zero attached hydrogens (tertiary/aromatic N) is 3. The molecule has 0 aliphatic carbocycles. The van der Waals surface area contributed by atoms with Crippen LogP contribution in [-0.2, 0) is 9.59 Å². The van der Waals surface area contributed by atoms with Crippen molar-refractivity contribution >= 4 is 51.9 Å². The van der Waals surface area contributed by atoms with Gasteiger partial charge in [0.1, 0.15) is 10.9 Å². The monoisotopic (exact) mass is 528 g/mol. The summed E-state index contributed by atoms with van der Waals surface area (Å²) in [6, 6.07) is 15.3. The van der Waals surface area contributed by atoms with Crippen LogP contribution in [0.25, 0.3) is 0 Å². The minimum atomic E-state index is -0.340. The van der Waals surface area contributed by atoms with E-state index >= 15 is 0 Å². The van der Waals surface area contributed by atoms with Crippen LogP contribution in [0.4, 0.5) is 0 Å². The molecule has 182 valence electrons. The van der Waals surface area contributed by atoms with Crippen LogP contribution < -0.4 is 5.32 Å². The van der Waals surface area contributed by atoms with Crippen LogP contribution in [0.2, 0.25) is 10.0 Å². The fraction of sp³-hybridized carbons (Fsp3) is 0.346. The summed E-state index contributed by atoms with van der Waals surface area (Å²) in [7, 11) is 0. The Balaban J connectivity index is 1.61. The van der Waals surface area contributed by atoms with Crippen LogP contribution in [0.5, 0.6) is 0 Å². The van der Waals surface area contributed by atoms with Crippen molar-refractivity contribution in [2.45, 2.75) is 32.9 Å². The largest absolute Gasteiger partial charge is 0.353 e. The van der Waals surface area contributed by atoms with Crippen LogP contribution in [0, 0.1) is 5.41 Å². The second-order valence-corrected chi connectivity index (χ2v) is 11.7.